The van der Waals surface area contributed by atoms with Crippen molar-refractivity contribution in [2.75, 3.05) is 6.54 Å². The van der Waals surface area contributed by atoms with Gasteiger partial charge in [0.1, 0.15) is 0 Å². The van der Waals surface area contributed by atoms with Crippen molar-refractivity contribution in [1.82, 2.24) is 4.90 Å². The van der Waals surface area contributed by atoms with E-state index in [1.807, 2.05) is 4.90 Å². The van der Waals surface area contributed by atoms with E-state index >= 15 is 0 Å². The number of nitrogens with zero attached hydrogens (tertiary/aromatic N) is 1. The molecule has 2 nitrogen and oxygen atoms in total. The number of halogens is 1. The fourth-order valence-corrected chi connectivity index (χ4v) is 2.96. The first-order chi connectivity index (χ1) is 6.25. The van der Waals surface area contributed by atoms with Gasteiger partial charge in [-0.2, -0.15) is 0 Å². The third-order valence-corrected chi connectivity index (χ3v) is 3.82. The normalized spacial score (nSPS) is 17.0. The van der Waals surface area contributed by atoms with Crippen molar-refractivity contribution in [3.8, 4) is 0 Å². The quantitative estimate of drug-likeness (QED) is 0.800. The number of thiophene rings is 1. The predicted molar refractivity (Wildman–Crippen MR) is 56.7 cm³/mol. The monoisotopic (exact) mass is 259 g/mol. The van der Waals surface area contributed by atoms with Crippen LogP contribution < -0.4 is 0 Å². The van der Waals surface area contributed by atoms with Gasteiger partial charge in [-0.05, 0) is 28.4 Å². The maximum absolute atomic E-state index is 11.3. The molecule has 1 amide bonds. The van der Waals surface area contributed by atoms with E-state index in [4.69, 9.17) is 0 Å². The van der Waals surface area contributed by atoms with Crippen LogP contribution in [0.4, 0.5) is 0 Å². The van der Waals surface area contributed by atoms with Crippen molar-refractivity contribution >= 4 is 33.2 Å². The van der Waals surface area contributed by atoms with E-state index in [9.17, 15) is 4.79 Å². The molecule has 4 heteroatoms. The maximum atomic E-state index is 11.3. The van der Waals surface area contributed by atoms with Crippen LogP contribution in [0.3, 0.4) is 0 Å². The van der Waals surface area contributed by atoms with Gasteiger partial charge in [-0.15, -0.1) is 11.3 Å². The van der Waals surface area contributed by atoms with E-state index < -0.39 is 0 Å². The third kappa shape index (κ3) is 2.11. The zero-order chi connectivity index (χ0) is 9.26. The highest BCUT2D eigenvalue weighted by atomic mass is 79.9. The first kappa shape index (κ1) is 9.21. The Bertz CT molecular complexity index is 323. The van der Waals surface area contributed by atoms with Crippen LogP contribution in [0.5, 0.6) is 0 Å². The van der Waals surface area contributed by atoms with Gasteiger partial charge in [-0.3, -0.25) is 4.79 Å². The Kier molecular flexibility index (Phi) is 2.69. The number of hydrogen-bond acceptors (Lipinski definition) is 2. The van der Waals surface area contributed by atoms with Crippen LogP contribution in [-0.4, -0.2) is 17.4 Å². The van der Waals surface area contributed by atoms with Crippen LogP contribution in [0, 0.1) is 0 Å². The summed E-state index contributed by atoms with van der Waals surface area (Å²) in [7, 11) is 0. The van der Waals surface area contributed by atoms with Gasteiger partial charge in [0, 0.05) is 27.7 Å². The van der Waals surface area contributed by atoms with Crippen LogP contribution in [-0.2, 0) is 11.3 Å². The van der Waals surface area contributed by atoms with Gasteiger partial charge in [0.25, 0.3) is 0 Å². The smallest absolute Gasteiger partial charge is 0.222 e. The molecule has 70 valence electrons. The highest BCUT2D eigenvalue weighted by Gasteiger charge is 2.20. The molecule has 1 saturated heterocycles. The molecule has 1 aromatic rings. The minimum absolute atomic E-state index is 0.296. The molecule has 2 heterocycles. The van der Waals surface area contributed by atoms with Crippen LogP contribution in [0.15, 0.2) is 15.9 Å². The topological polar surface area (TPSA) is 20.3 Å². The van der Waals surface area contributed by atoms with Gasteiger partial charge in [-0.1, -0.05) is 0 Å². The highest BCUT2D eigenvalue weighted by molar-refractivity contribution is 9.10. The van der Waals surface area contributed by atoms with Crippen LogP contribution in [0.1, 0.15) is 17.7 Å². The summed E-state index contributed by atoms with van der Waals surface area (Å²) in [6.07, 6.45) is 1.75. The SMILES string of the molecule is O=C1CCCN1Cc1cc(Br)cs1. The summed E-state index contributed by atoms with van der Waals surface area (Å²) in [4.78, 5) is 14.5. The summed E-state index contributed by atoms with van der Waals surface area (Å²) in [6.45, 7) is 1.71. The van der Waals surface area contributed by atoms with Gasteiger partial charge < -0.3 is 4.90 Å². The van der Waals surface area contributed by atoms with Crippen molar-refractivity contribution in [1.29, 1.82) is 0 Å². The average molecular weight is 260 g/mol. The number of hydrogen-bond donors (Lipinski definition) is 0. The van der Waals surface area contributed by atoms with E-state index in [2.05, 4.69) is 27.4 Å². The van der Waals surface area contributed by atoms with E-state index in [1.54, 1.807) is 11.3 Å². The molecular formula is C9H10BrNOS. The summed E-state index contributed by atoms with van der Waals surface area (Å²) in [6, 6.07) is 2.08. The molecule has 1 aliphatic heterocycles. The summed E-state index contributed by atoms with van der Waals surface area (Å²) in [5.41, 5.74) is 0. The van der Waals surface area contributed by atoms with Crippen molar-refractivity contribution in [3.05, 3.63) is 20.8 Å². The Hall–Kier alpha value is -0.350. The molecule has 2 rings (SSSR count). The van der Waals surface area contributed by atoms with Gasteiger partial charge >= 0.3 is 0 Å². The van der Waals surface area contributed by atoms with E-state index in [-0.39, 0.29) is 0 Å². The number of carbonyl (C=O) groups excluding carboxylic acids is 1. The highest BCUT2D eigenvalue weighted by Crippen LogP contribution is 2.22. The van der Waals surface area contributed by atoms with Gasteiger partial charge in [0.05, 0.1) is 6.54 Å². The first-order valence-corrected chi connectivity index (χ1v) is 5.93. The van der Waals surface area contributed by atoms with Gasteiger partial charge in [0.2, 0.25) is 5.91 Å². The fourth-order valence-electron chi connectivity index (χ4n) is 1.50. The Labute approximate surface area is 89.7 Å². The molecule has 0 saturated carbocycles. The summed E-state index contributed by atoms with van der Waals surface area (Å²) in [5.74, 6) is 0.296. The minimum Gasteiger partial charge on any atom is -0.338 e. The Morgan fingerprint density at radius 2 is 2.46 bits per heavy atom. The van der Waals surface area contributed by atoms with Gasteiger partial charge in [0.15, 0.2) is 0 Å². The Morgan fingerprint density at radius 1 is 1.62 bits per heavy atom. The second-order valence-corrected chi connectivity index (χ2v) is 5.06. The first-order valence-electron chi connectivity index (χ1n) is 4.26. The lowest BCUT2D eigenvalue weighted by atomic mass is 10.4. The summed E-state index contributed by atoms with van der Waals surface area (Å²) >= 11 is 5.10. The van der Waals surface area contributed by atoms with Gasteiger partial charge in [-0.25, -0.2) is 0 Å². The van der Waals surface area contributed by atoms with Crippen LogP contribution in [0.25, 0.3) is 0 Å². The molecule has 0 N–H and O–H groups in total. The second-order valence-electron chi connectivity index (χ2n) is 3.15. The molecule has 1 aliphatic rings. The molecule has 0 atom stereocenters. The number of likely N-dealkylation sites (tertiary alicyclic amines) is 1. The van der Waals surface area contributed by atoms with Crippen molar-refractivity contribution < 1.29 is 4.79 Å². The molecule has 0 aliphatic carbocycles. The Morgan fingerprint density at radius 3 is 3.00 bits per heavy atom. The van der Waals surface area contributed by atoms with Crippen LogP contribution in [0.2, 0.25) is 0 Å². The number of amides is 1. The molecule has 13 heavy (non-hydrogen) atoms. The zero-order valence-electron chi connectivity index (χ0n) is 7.12. The number of carbonyl (C=O) groups is 1. The molecule has 0 unspecified atom stereocenters. The van der Waals surface area contributed by atoms with Crippen molar-refractivity contribution in [2.45, 2.75) is 19.4 Å². The lowest BCUT2D eigenvalue weighted by Crippen LogP contribution is -2.23. The Balaban J connectivity index is 2.01. The molecule has 1 aromatic heterocycles. The van der Waals surface area contributed by atoms with E-state index in [1.165, 1.54) is 4.88 Å². The lowest BCUT2D eigenvalue weighted by molar-refractivity contribution is -0.128. The van der Waals surface area contributed by atoms with Crippen molar-refractivity contribution in [3.63, 3.8) is 0 Å². The van der Waals surface area contributed by atoms with Crippen molar-refractivity contribution in [2.24, 2.45) is 0 Å². The third-order valence-electron chi connectivity index (χ3n) is 2.14. The predicted octanol–water partition coefficient (Wildman–Crippen LogP) is 2.63. The molecule has 0 radical (unpaired) electrons. The fraction of sp³-hybridized carbons (Fsp3) is 0.444. The van der Waals surface area contributed by atoms with E-state index in [0.29, 0.717) is 5.91 Å². The largest absolute Gasteiger partial charge is 0.338 e. The molecule has 1 fully saturated rings. The zero-order valence-corrected chi connectivity index (χ0v) is 9.53. The molecule has 0 aromatic carbocycles. The summed E-state index contributed by atoms with van der Waals surface area (Å²) in [5, 5.41) is 2.05. The average Bonchev–Trinajstić information content (AvgIpc) is 2.64. The molecular weight excluding hydrogens is 250 g/mol. The summed E-state index contributed by atoms with van der Waals surface area (Å²) < 4.78 is 1.11. The minimum atomic E-state index is 0.296. The molecule has 0 bridgehead atoms. The second kappa shape index (κ2) is 3.80. The lowest BCUT2D eigenvalue weighted by Gasteiger charge is -2.13. The van der Waals surface area contributed by atoms with E-state index in [0.717, 1.165) is 30.4 Å². The standard InChI is InChI=1S/C9H10BrNOS/c10-7-4-8(13-6-7)5-11-3-1-2-9(11)12/h4,6H,1-3,5H2. The maximum Gasteiger partial charge on any atom is 0.222 e. The number of rotatable bonds is 2. The van der Waals surface area contributed by atoms with Crippen LogP contribution >= 0.6 is 27.3 Å². The molecule has 0 spiro atoms.